The maximum absolute atomic E-state index is 12.6. The molecule has 6 heteroatoms. The quantitative estimate of drug-likeness (QED) is 0.397. The second-order valence-corrected chi connectivity index (χ2v) is 7.67. The predicted molar refractivity (Wildman–Crippen MR) is 122 cm³/mol. The molecular weight excluding hydrogens is 396 g/mol. The van der Waals surface area contributed by atoms with Gasteiger partial charge in [0, 0.05) is 35.8 Å². The number of anilines is 1. The molecule has 2 heterocycles. The number of rotatable bonds is 7. The molecule has 0 radical (unpaired) electrons. The lowest BCUT2D eigenvalue weighted by Gasteiger charge is -2.21. The minimum absolute atomic E-state index is 0.103. The van der Waals surface area contributed by atoms with Crippen molar-refractivity contribution in [3.8, 4) is 0 Å². The van der Waals surface area contributed by atoms with Gasteiger partial charge in [0.2, 0.25) is 5.91 Å². The van der Waals surface area contributed by atoms with E-state index in [2.05, 4.69) is 51.1 Å². The zero-order valence-corrected chi connectivity index (χ0v) is 17.4. The summed E-state index contributed by atoms with van der Waals surface area (Å²) in [6.07, 6.45) is 3.57. The molecule has 2 aromatic heterocycles. The Balaban J connectivity index is 1.51. The summed E-state index contributed by atoms with van der Waals surface area (Å²) in [4.78, 5) is 20.1. The van der Waals surface area contributed by atoms with E-state index in [9.17, 15) is 4.79 Å². The Labute approximate surface area is 180 Å². The molecule has 152 valence electrons. The number of nitrogens with one attached hydrogen (secondary N) is 3. The fourth-order valence-electron chi connectivity index (χ4n) is 3.55. The fraction of sp³-hybridized carbons (Fsp3) is 0.167. The molecule has 30 heavy (non-hydrogen) atoms. The molecule has 0 saturated carbocycles. The highest BCUT2D eigenvalue weighted by atomic mass is 35.5. The molecule has 0 saturated heterocycles. The van der Waals surface area contributed by atoms with E-state index in [1.54, 1.807) is 12.1 Å². The van der Waals surface area contributed by atoms with Gasteiger partial charge in [-0.3, -0.25) is 4.79 Å². The van der Waals surface area contributed by atoms with Crippen molar-refractivity contribution >= 4 is 34.2 Å². The average Bonchev–Trinajstić information content (AvgIpc) is 3.20. The van der Waals surface area contributed by atoms with Crippen LogP contribution in [-0.2, 0) is 4.79 Å². The normalized spacial score (nSPS) is 13.1. The first kappa shape index (κ1) is 20.1. The Morgan fingerprint density at radius 2 is 1.83 bits per heavy atom. The Hall–Kier alpha value is -3.15. The Bertz CT molecular complexity index is 1120. The Morgan fingerprint density at radius 1 is 1.07 bits per heavy atom. The van der Waals surface area contributed by atoms with Crippen LogP contribution in [0.1, 0.15) is 24.0 Å². The summed E-state index contributed by atoms with van der Waals surface area (Å²) >= 11 is 5.85. The average molecular weight is 419 g/mol. The summed E-state index contributed by atoms with van der Waals surface area (Å²) in [5.74, 6) is 0.441. The second kappa shape index (κ2) is 9.11. The van der Waals surface area contributed by atoms with Crippen LogP contribution in [0.2, 0.25) is 5.02 Å². The van der Waals surface area contributed by atoms with Crippen molar-refractivity contribution in [3.05, 3.63) is 95.3 Å². The Morgan fingerprint density at radius 3 is 2.60 bits per heavy atom. The lowest BCUT2D eigenvalue weighted by atomic mass is 9.90. The number of H-pyrrole nitrogens is 1. The van der Waals surface area contributed by atoms with E-state index in [0.29, 0.717) is 17.4 Å². The third kappa shape index (κ3) is 4.53. The number of aromatic nitrogens is 2. The molecule has 0 fully saturated rings. The van der Waals surface area contributed by atoms with Crippen LogP contribution in [0, 0.1) is 0 Å². The summed E-state index contributed by atoms with van der Waals surface area (Å²) in [5.41, 5.74) is 3.51. The van der Waals surface area contributed by atoms with Crippen molar-refractivity contribution in [3.63, 3.8) is 0 Å². The van der Waals surface area contributed by atoms with Gasteiger partial charge in [-0.1, -0.05) is 60.1 Å². The van der Waals surface area contributed by atoms with Crippen LogP contribution in [0.5, 0.6) is 0 Å². The lowest BCUT2D eigenvalue weighted by molar-refractivity contribution is -0.117. The maximum Gasteiger partial charge on any atom is 0.242 e. The van der Waals surface area contributed by atoms with Crippen LogP contribution < -0.4 is 10.6 Å². The number of hydrogen-bond donors (Lipinski definition) is 3. The van der Waals surface area contributed by atoms with E-state index in [-0.39, 0.29) is 17.9 Å². The third-order valence-corrected chi connectivity index (χ3v) is 5.42. The van der Waals surface area contributed by atoms with Gasteiger partial charge in [-0.25, -0.2) is 4.98 Å². The number of nitrogens with zero attached hydrogens (tertiary/aromatic N) is 1. The molecule has 0 bridgehead atoms. The summed E-state index contributed by atoms with van der Waals surface area (Å²) in [5, 5.41) is 7.93. The van der Waals surface area contributed by atoms with Gasteiger partial charge >= 0.3 is 0 Å². The van der Waals surface area contributed by atoms with Crippen LogP contribution in [0.15, 0.2) is 79.1 Å². The zero-order valence-electron chi connectivity index (χ0n) is 16.6. The summed E-state index contributed by atoms with van der Waals surface area (Å²) < 4.78 is 0. The number of carbonyl (C=O) groups excluding carboxylic acids is 1. The van der Waals surface area contributed by atoms with Crippen molar-refractivity contribution in [1.29, 1.82) is 0 Å². The van der Waals surface area contributed by atoms with Gasteiger partial charge in [0.1, 0.15) is 5.82 Å². The van der Waals surface area contributed by atoms with Gasteiger partial charge in [0.05, 0.1) is 11.1 Å². The molecule has 0 spiro atoms. The van der Waals surface area contributed by atoms with E-state index < -0.39 is 0 Å². The molecular formula is C24H23ClN4O. The zero-order chi connectivity index (χ0) is 20.9. The maximum atomic E-state index is 12.6. The highest BCUT2D eigenvalue weighted by Gasteiger charge is 2.21. The minimum atomic E-state index is -0.390. The lowest BCUT2D eigenvalue weighted by Crippen LogP contribution is -2.40. The standard InChI is InChI=1S/C24H23ClN4O/c1-16(24(30)29-23-12-11-18(25)13-28-23)26-14-20(17-7-3-2-4-8-17)21-15-27-22-10-6-5-9-19(21)22/h2-13,15-16,20,26-27H,14H2,1H3,(H,28,29,30)/t16-,20-/m1/s1. The van der Waals surface area contributed by atoms with Gasteiger partial charge in [-0.05, 0) is 36.2 Å². The monoisotopic (exact) mass is 418 g/mol. The molecule has 0 aliphatic carbocycles. The van der Waals surface area contributed by atoms with Gasteiger partial charge in [-0.2, -0.15) is 0 Å². The van der Waals surface area contributed by atoms with Gasteiger partial charge < -0.3 is 15.6 Å². The number of para-hydroxylation sites is 1. The van der Waals surface area contributed by atoms with Crippen molar-refractivity contribution in [2.75, 3.05) is 11.9 Å². The molecule has 4 aromatic rings. The summed E-state index contributed by atoms with van der Waals surface area (Å²) in [7, 11) is 0. The van der Waals surface area contributed by atoms with Crippen LogP contribution in [0.25, 0.3) is 10.9 Å². The molecule has 2 atom stereocenters. The number of benzene rings is 2. The number of aromatic amines is 1. The van der Waals surface area contributed by atoms with Crippen LogP contribution in [0.4, 0.5) is 5.82 Å². The molecule has 4 rings (SSSR count). The van der Waals surface area contributed by atoms with Crippen LogP contribution in [0.3, 0.4) is 0 Å². The second-order valence-electron chi connectivity index (χ2n) is 7.23. The fourth-order valence-corrected chi connectivity index (χ4v) is 3.66. The summed E-state index contributed by atoms with van der Waals surface area (Å²) in [6.45, 7) is 2.47. The number of carbonyl (C=O) groups is 1. The highest BCUT2D eigenvalue weighted by Crippen LogP contribution is 2.30. The molecule has 1 amide bonds. The predicted octanol–water partition coefficient (Wildman–Crippen LogP) is 4.97. The molecule has 2 aromatic carbocycles. The van der Waals surface area contributed by atoms with Gasteiger partial charge in [-0.15, -0.1) is 0 Å². The topological polar surface area (TPSA) is 69.8 Å². The van der Waals surface area contributed by atoms with E-state index in [1.165, 1.54) is 22.7 Å². The number of pyridine rings is 1. The third-order valence-electron chi connectivity index (χ3n) is 5.20. The van der Waals surface area contributed by atoms with Crippen LogP contribution in [-0.4, -0.2) is 28.5 Å². The van der Waals surface area contributed by atoms with Crippen molar-refractivity contribution in [2.45, 2.75) is 18.9 Å². The van der Waals surface area contributed by atoms with Crippen molar-refractivity contribution in [1.82, 2.24) is 15.3 Å². The molecule has 0 unspecified atom stereocenters. The molecule has 3 N–H and O–H groups in total. The van der Waals surface area contributed by atoms with Crippen molar-refractivity contribution in [2.24, 2.45) is 0 Å². The highest BCUT2D eigenvalue weighted by molar-refractivity contribution is 6.30. The van der Waals surface area contributed by atoms with Crippen LogP contribution >= 0.6 is 11.6 Å². The first-order valence-corrected chi connectivity index (χ1v) is 10.3. The molecule has 0 aliphatic heterocycles. The van der Waals surface area contributed by atoms with E-state index in [1.807, 2.05) is 37.3 Å². The number of halogens is 1. The van der Waals surface area contributed by atoms with E-state index >= 15 is 0 Å². The minimum Gasteiger partial charge on any atom is -0.361 e. The van der Waals surface area contributed by atoms with E-state index in [0.717, 1.165) is 5.52 Å². The smallest absolute Gasteiger partial charge is 0.242 e. The Kier molecular flexibility index (Phi) is 6.12. The number of hydrogen-bond acceptors (Lipinski definition) is 3. The van der Waals surface area contributed by atoms with E-state index in [4.69, 9.17) is 11.6 Å². The first-order chi connectivity index (χ1) is 14.6. The first-order valence-electron chi connectivity index (χ1n) is 9.88. The molecule has 0 aliphatic rings. The van der Waals surface area contributed by atoms with Crippen molar-refractivity contribution < 1.29 is 4.79 Å². The van der Waals surface area contributed by atoms with Gasteiger partial charge in [0.15, 0.2) is 0 Å². The number of fused-ring (bicyclic) bond motifs is 1. The summed E-state index contributed by atoms with van der Waals surface area (Å²) in [6, 6.07) is 21.6. The largest absolute Gasteiger partial charge is 0.361 e. The number of amides is 1. The van der Waals surface area contributed by atoms with Gasteiger partial charge in [0.25, 0.3) is 0 Å². The SMILES string of the molecule is C[C@@H](NC[C@H](c1ccccc1)c1c[nH]c2ccccc12)C(=O)Nc1ccc(Cl)cn1. The molecule has 5 nitrogen and oxygen atoms in total.